The van der Waals surface area contributed by atoms with Crippen LogP contribution in [0, 0.1) is 0 Å². The number of carbonyl (C=O) groups excluding carboxylic acids is 1. The van der Waals surface area contributed by atoms with Crippen LogP contribution >= 0.6 is 0 Å². The van der Waals surface area contributed by atoms with Crippen LogP contribution in [0.4, 0.5) is 17.2 Å². The number of nitrogens with one attached hydrogen (secondary N) is 3. The van der Waals surface area contributed by atoms with Crippen molar-refractivity contribution in [1.82, 2.24) is 15.2 Å². The van der Waals surface area contributed by atoms with Gasteiger partial charge >= 0.3 is 0 Å². The molecule has 1 aliphatic carbocycles. The van der Waals surface area contributed by atoms with E-state index in [9.17, 15) is 13.2 Å². The van der Waals surface area contributed by atoms with Crippen LogP contribution in [0.25, 0.3) is 10.9 Å². The largest absolute Gasteiger partial charge is 0.497 e. The van der Waals surface area contributed by atoms with Gasteiger partial charge in [0.1, 0.15) is 17.2 Å². The fourth-order valence-corrected chi connectivity index (χ4v) is 5.73. The second-order valence-electron chi connectivity index (χ2n) is 9.32. The van der Waals surface area contributed by atoms with Gasteiger partial charge in [0, 0.05) is 29.3 Å². The maximum Gasteiger partial charge on any atom is 0.235 e. The van der Waals surface area contributed by atoms with Crippen molar-refractivity contribution in [3.05, 3.63) is 59.8 Å². The highest BCUT2D eigenvalue weighted by atomic mass is 32.2. The van der Waals surface area contributed by atoms with Crippen LogP contribution in [0.2, 0.25) is 0 Å². The summed E-state index contributed by atoms with van der Waals surface area (Å²) in [6.07, 6.45) is 3.25. The molecule has 2 atom stereocenters. The molecule has 1 amide bonds. The summed E-state index contributed by atoms with van der Waals surface area (Å²) in [6, 6.07) is 13.1. The third-order valence-corrected chi connectivity index (χ3v) is 8.07. The van der Waals surface area contributed by atoms with E-state index in [0.717, 1.165) is 46.1 Å². The molecule has 1 fully saturated rings. The molecular weight excluding hydrogens is 494 g/mol. The van der Waals surface area contributed by atoms with Crippen LogP contribution in [0.15, 0.2) is 53.7 Å². The molecule has 6 rings (SSSR count). The lowest BCUT2D eigenvalue weighted by atomic mass is 9.91. The monoisotopic (exact) mass is 519 g/mol. The minimum atomic E-state index is -3.48. The first-order valence-electron chi connectivity index (χ1n) is 11.8. The lowest BCUT2D eigenvalue weighted by molar-refractivity contribution is -0.118. The Labute approximate surface area is 213 Å². The molecule has 2 aromatic heterocycles. The zero-order chi connectivity index (χ0) is 25.9. The molecule has 1 saturated carbocycles. The first kappa shape index (κ1) is 23.3. The number of pyridine rings is 1. The molecule has 1 aliphatic heterocycles. The van der Waals surface area contributed by atoms with E-state index in [1.807, 2.05) is 43.3 Å². The smallest absolute Gasteiger partial charge is 0.235 e. The molecule has 0 unspecified atom stereocenters. The van der Waals surface area contributed by atoms with E-state index in [-0.39, 0.29) is 16.9 Å². The summed E-state index contributed by atoms with van der Waals surface area (Å²) < 4.78 is 34.9. The lowest BCUT2D eigenvalue weighted by Crippen LogP contribution is -2.21. The van der Waals surface area contributed by atoms with E-state index in [4.69, 9.17) is 9.47 Å². The van der Waals surface area contributed by atoms with Gasteiger partial charge in [-0.3, -0.25) is 9.89 Å². The molecule has 37 heavy (non-hydrogen) atoms. The summed E-state index contributed by atoms with van der Waals surface area (Å²) in [5.41, 5.74) is 3.58. The summed E-state index contributed by atoms with van der Waals surface area (Å²) in [6.45, 7) is 2.18. The average Bonchev–Trinajstić information content (AvgIpc) is 3.43. The summed E-state index contributed by atoms with van der Waals surface area (Å²) in [5.74, 6) is 1.71. The predicted molar refractivity (Wildman–Crippen MR) is 139 cm³/mol. The maximum absolute atomic E-state index is 13.0. The molecule has 10 nitrogen and oxygen atoms in total. The minimum absolute atomic E-state index is 0.0151. The predicted octanol–water partition coefficient (Wildman–Crippen LogP) is 3.89. The third-order valence-electron chi connectivity index (χ3n) is 7.08. The number of ether oxygens (including phenoxy) is 2. The van der Waals surface area contributed by atoms with Crippen molar-refractivity contribution in [2.75, 3.05) is 30.6 Å². The van der Waals surface area contributed by atoms with Crippen molar-refractivity contribution in [1.29, 1.82) is 0 Å². The van der Waals surface area contributed by atoms with Crippen molar-refractivity contribution in [2.45, 2.75) is 29.7 Å². The van der Waals surface area contributed by atoms with Crippen LogP contribution in [0.5, 0.6) is 11.5 Å². The molecule has 0 radical (unpaired) electrons. The Kier molecular flexibility index (Phi) is 5.16. The van der Waals surface area contributed by atoms with E-state index >= 15 is 0 Å². The van der Waals surface area contributed by atoms with Gasteiger partial charge in [0.05, 0.1) is 30.8 Å². The van der Waals surface area contributed by atoms with E-state index in [1.165, 1.54) is 12.3 Å². The van der Waals surface area contributed by atoms with Crippen molar-refractivity contribution in [3.8, 4) is 11.5 Å². The summed E-state index contributed by atoms with van der Waals surface area (Å²) in [7, 11) is -1.86. The fraction of sp³-hybridized carbons (Fsp3) is 0.269. The molecule has 3 heterocycles. The van der Waals surface area contributed by atoms with E-state index in [1.54, 1.807) is 7.11 Å². The molecule has 3 N–H and O–H groups in total. The zero-order valence-electron chi connectivity index (χ0n) is 20.5. The Morgan fingerprint density at radius 1 is 1.19 bits per heavy atom. The average molecular weight is 520 g/mol. The zero-order valence-corrected chi connectivity index (χ0v) is 21.3. The van der Waals surface area contributed by atoms with Crippen LogP contribution in [0.3, 0.4) is 0 Å². The van der Waals surface area contributed by atoms with E-state index in [2.05, 4.69) is 25.8 Å². The maximum atomic E-state index is 13.0. The standard InChI is InChI=1S/C26H25N5O5S/c1-4-36-22-11-23(37(3,33)34)27-13-21(22)28-24-16-7-5-14(9-20(16)30-31-24)18-12-26(18)17-10-15(35-2)6-8-19(17)29-25(26)32/h5-11,13,18H,4,12H2,1-3H3,(H,29,32)(H2,28,30,31)/t18-,26-/m0/s1. The van der Waals surface area contributed by atoms with Crippen molar-refractivity contribution >= 4 is 43.8 Å². The summed E-state index contributed by atoms with van der Waals surface area (Å²) in [5, 5.41) is 14.5. The van der Waals surface area contributed by atoms with Crippen LogP contribution < -0.4 is 20.1 Å². The van der Waals surface area contributed by atoms with Gasteiger partial charge in [0.25, 0.3) is 0 Å². The number of hydrogen-bond donors (Lipinski definition) is 3. The molecule has 2 aromatic carbocycles. The van der Waals surface area contributed by atoms with Gasteiger partial charge in [0.15, 0.2) is 20.7 Å². The normalized spacial score (nSPS) is 20.1. The molecule has 11 heteroatoms. The van der Waals surface area contributed by atoms with Gasteiger partial charge in [-0.1, -0.05) is 6.07 Å². The summed E-state index contributed by atoms with van der Waals surface area (Å²) in [4.78, 5) is 17.1. The molecule has 190 valence electrons. The Morgan fingerprint density at radius 3 is 2.78 bits per heavy atom. The van der Waals surface area contributed by atoms with Crippen LogP contribution in [0.1, 0.15) is 30.4 Å². The number of anilines is 3. The quantitative estimate of drug-likeness (QED) is 0.335. The third kappa shape index (κ3) is 3.69. The molecule has 1 spiro atoms. The van der Waals surface area contributed by atoms with Crippen LogP contribution in [-0.4, -0.2) is 49.5 Å². The lowest BCUT2D eigenvalue weighted by Gasteiger charge is -2.12. The van der Waals surface area contributed by atoms with Gasteiger partial charge in [-0.25, -0.2) is 13.4 Å². The number of fused-ring (bicyclic) bond motifs is 3. The van der Waals surface area contributed by atoms with E-state index < -0.39 is 15.3 Å². The number of sulfone groups is 1. The Hall–Kier alpha value is -4.12. The van der Waals surface area contributed by atoms with Gasteiger partial charge in [-0.05, 0) is 54.8 Å². The number of methoxy groups -OCH3 is 1. The number of aromatic amines is 1. The molecule has 2 aliphatic rings. The number of nitrogens with zero attached hydrogens (tertiary/aromatic N) is 2. The molecular formula is C26H25N5O5S. The first-order chi connectivity index (χ1) is 17.7. The number of amides is 1. The highest BCUT2D eigenvalue weighted by Gasteiger charge is 2.65. The van der Waals surface area contributed by atoms with Crippen molar-refractivity contribution < 1.29 is 22.7 Å². The molecule has 4 aromatic rings. The van der Waals surface area contributed by atoms with Crippen molar-refractivity contribution in [3.63, 3.8) is 0 Å². The Morgan fingerprint density at radius 2 is 2.03 bits per heavy atom. The minimum Gasteiger partial charge on any atom is -0.497 e. The van der Waals surface area contributed by atoms with Crippen molar-refractivity contribution in [2.24, 2.45) is 0 Å². The highest BCUT2D eigenvalue weighted by Crippen LogP contribution is 2.65. The number of rotatable bonds is 7. The van der Waals surface area contributed by atoms with Crippen LogP contribution in [-0.2, 0) is 20.0 Å². The van der Waals surface area contributed by atoms with E-state index in [0.29, 0.717) is 23.9 Å². The number of hydrogen-bond acceptors (Lipinski definition) is 8. The molecule has 0 saturated heterocycles. The number of aromatic nitrogens is 3. The topological polar surface area (TPSA) is 135 Å². The molecule has 0 bridgehead atoms. The second kappa shape index (κ2) is 8.20. The van der Waals surface area contributed by atoms with Gasteiger partial charge in [-0.15, -0.1) is 0 Å². The fourth-order valence-electron chi connectivity index (χ4n) is 5.17. The Bertz CT molecular complexity index is 1680. The number of benzene rings is 2. The number of H-pyrrole nitrogens is 1. The number of carbonyl (C=O) groups is 1. The summed E-state index contributed by atoms with van der Waals surface area (Å²) >= 11 is 0. The SMILES string of the molecule is CCOc1cc(S(C)(=O)=O)ncc1Nc1n[nH]c2cc([C@@H]3C[C@@]34C(=O)Nc3ccc(OC)cc34)ccc12. The second-order valence-corrected chi connectivity index (χ2v) is 11.3. The van der Waals surface area contributed by atoms with Gasteiger partial charge in [-0.2, -0.15) is 5.10 Å². The van der Waals surface area contributed by atoms with Gasteiger partial charge < -0.3 is 20.1 Å². The van der Waals surface area contributed by atoms with Gasteiger partial charge in [0.2, 0.25) is 5.91 Å². The first-order valence-corrected chi connectivity index (χ1v) is 13.7. The highest BCUT2D eigenvalue weighted by molar-refractivity contribution is 7.90. The Balaban J connectivity index is 1.30.